The second-order valence-corrected chi connectivity index (χ2v) is 8.39. The lowest BCUT2D eigenvalue weighted by Crippen LogP contribution is -2.27. The van der Waals surface area contributed by atoms with E-state index in [0.717, 1.165) is 10.5 Å². The summed E-state index contributed by atoms with van der Waals surface area (Å²) < 4.78 is 32.0. The maximum Gasteiger partial charge on any atom is 0.307 e. The van der Waals surface area contributed by atoms with Crippen LogP contribution in [0.15, 0.2) is 58.3 Å². The van der Waals surface area contributed by atoms with Gasteiger partial charge in [0.1, 0.15) is 6.61 Å². The van der Waals surface area contributed by atoms with E-state index >= 15 is 0 Å². The third kappa shape index (κ3) is 6.50. The zero-order chi connectivity index (χ0) is 19.9. The highest BCUT2D eigenvalue weighted by Crippen LogP contribution is 2.15. The molecule has 0 saturated heterocycles. The minimum absolute atomic E-state index is 0.0162. The molecule has 0 spiro atoms. The first-order chi connectivity index (χ1) is 12.8. The van der Waals surface area contributed by atoms with Crippen molar-refractivity contribution in [3.63, 3.8) is 0 Å². The number of sulfonamides is 1. The van der Waals surface area contributed by atoms with Gasteiger partial charge in [0.05, 0.1) is 11.3 Å². The average molecular weight is 408 g/mol. The number of carbonyl (C=O) groups is 2. The number of carbonyl (C=O) groups excluding carboxylic acids is 2. The van der Waals surface area contributed by atoms with E-state index in [1.165, 1.54) is 25.1 Å². The molecule has 2 aromatic carbocycles. The molecule has 0 fully saturated rings. The fourth-order valence-corrected chi connectivity index (χ4v) is 3.70. The van der Waals surface area contributed by atoms with Gasteiger partial charge in [0.15, 0.2) is 5.78 Å². The number of benzene rings is 2. The summed E-state index contributed by atoms with van der Waals surface area (Å²) in [4.78, 5) is 24.3. The summed E-state index contributed by atoms with van der Waals surface area (Å²) in [6.07, 6.45) is 1.89. The lowest BCUT2D eigenvalue weighted by Gasteiger charge is -2.08. The number of hydrogen-bond acceptors (Lipinski definition) is 6. The van der Waals surface area contributed by atoms with Gasteiger partial charge in [0.2, 0.25) is 10.0 Å². The lowest BCUT2D eigenvalue weighted by atomic mass is 10.2. The number of hydrogen-bond donors (Lipinski definition) is 1. The molecule has 8 heteroatoms. The molecule has 0 aromatic heterocycles. The number of Topliss-reactive ketones (excluding diaryl/α,β-unsaturated/α-hetero) is 1. The van der Waals surface area contributed by atoms with E-state index < -0.39 is 16.0 Å². The van der Waals surface area contributed by atoms with Gasteiger partial charge in [-0.15, -0.1) is 11.8 Å². The Morgan fingerprint density at radius 3 is 2.44 bits per heavy atom. The Morgan fingerprint density at radius 2 is 1.81 bits per heavy atom. The van der Waals surface area contributed by atoms with Crippen molar-refractivity contribution in [1.82, 2.24) is 4.72 Å². The number of ether oxygens (including phenoxy) is 1. The summed E-state index contributed by atoms with van der Waals surface area (Å²) in [7, 11) is -3.80. The van der Waals surface area contributed by atoms with Gasteiger partial charge in [-0.2, -0.15) is 0 Å². The highest BCUT2D eigenvalue weighted by Gasteiger charge is 2.16. The Hall–Kier alpha value is -2.16. The molecule has 0 bridgehead atoms. The van der Waals surface area contributed by atoms with Crippen LogP contribution >= 0.6 is 11.8 Å². The molecule has 144 valence electrons. The Labute approximate surface area is 163 Å². The van der Waals surface area contributed by atoms with Gasteiger partial charge in [-0.05, 0) is 43.0 Å². The Balaban J connectivity index is 1.82. The lowest BCUT2D eigenvalue weighted by molar-refractivity contribution is -0.144. The fraction of sp³-hybridized carbons (Fsp3) is 0.263. The number of rotatable bonds is 9. The molecular formula is C19H21NO5S2. The van der Waals surface area contributed by atoms with Crippen LogP contribution in [0.5, 0.6) is 0 Å². The van der Waals surface area contributed by atoms with Gasteiger partial charge in [-0.3, -0.25) is 9.59 Å². The van der Waals surface area contributed by atoms with Crippen LogP contribution in [-0.2, 0) is 26.2 Å². The van der Waals surface area contributed by atoms with Crippen molar-refractivity contribution in [3.8, 4) is 0 Å². The summed E-state index contributed by atoms with van der Waals surface area (Å²) in [6.45, 7) is 1.42. The van der Waals surface area contributed by atoms with E-state index in [1.54, 1.807) is 17.8 Å². The van der Waals surface area contributed by atoms with E-state index in [2.05, 4.69) is 4.72 Å². The van der Waals surface area contributed by atoms with Crippen molar-refractivity contribution in [2.45, 2.75) is 29.7 Å². The maximum atomic E-state index is 12.3. The predicted octanol–water partition coefficient (Wildman–Crippen LogP) is 3.02. The highest BCUT2D eigenvalue weighted by atomic mass is 32.2. The van der Waals surface area contributed by atoms with Crippen molar-refractivity contribution in [2.75, 3.05) is 12.8 Å². The molecule has 0 heterocycles. The summed E-state index contributed by atoms with van der Waals surface area (Å²) in [5.41, 5.74) is 1.17. The van der Waals surface area contributed by atoms with Crippen LogP contribution in [0.25, 0.3) is 0 Å². The van der Waals surface area contributed by atoms with Crippen LogP contribution in [0.3, 0.4) is 0 Å². The smallest absolute Gasteiger partial charge is 0.307 e. The summed E-state index contributed by atoms with van der Waals surface area (Å²) in [5.74, 6) is -0.717. The second-order valence-electron chi connectivity index (χ2n) is 5.74. The van der Waals surface area contributed by atoms with Gasteiger partial charge in [0.25, 0.3) is 0 Å². The van der Waals surface area contributed by atoms with E-state index in [0.29, 0.717) is 5.56 Å². The Bertz CT molecular complexity index is 908. The molecule has 1 N–H and O–H groups in total. The Kier molecular flexibility index (Phi) is 7.58. The third-order valence-corrected chi connectivity index (χ3v) is 5.93. The monoisotopic (exact) mass is 407 g/mol. The third-order valence-electron chi connectivity index (χ3n) is 3.73. The summed E-state index contributed by atoms with van der Waals surface area (Å²) >= 11 is 1.62. The highest BCUT2D eigenvalue weighted by molar-refractivity contribution is 7.98. The molecule has 0 aliphatic carbocycles. The SMILES string of the molecule is CSc1ccc(COC(=O)CCNS(=O)(=O)c2cccc(C(C)=O)c2)cc1. The zero-order valence-corrected chi connectivity index (χ0v) is 16.7. The molecule has 0 amide bonds. The molecule has 0 unspecified atom stereocenters. The van der Waals surface area contributed by atoms with E-state index in [-0.39, 0.29) is 30.3 Å². The van der Waals surface area contributed by atoms with Gasteiger partial charge in [-0.25, -0.2) is 13.1 Å². The number of ketones is 1. The number of esters is 1. The molecule has 6 nitrogen and oxygen atoms in total. The summed E-state index contributed by atoms with van der Waals surface area (Å²) in [6, 6.07) is 13.4. The van der Waals surface area contributed by atoms with Gasteiger partial charge in [-0.1, -0.05) is 24.3 Å². The van der Waals surface area contributed by atoms with Crippen LogP contribution in [0.2, 0.25) is 0 Å². The molecule has 0 saturated carbocycles. The molecule has 27 heavy (non-hydrogen) atoms. The van der Waals surface area contributed by atoms with E-state index in [4.69, 9.17) is 4.74 Å². The number of thioether (sulfide) groups is 1. The molecule has 0 aliphatic rings. The average Bonchev–Trinajstić information content (AvgIpc) is 2.66. The van der Waals surface area contributed by atoms with Crippen LogP contribution < -0.4 is 4.72 Å². The minimum Gasteiger partial charge on any atom is -0.461 e. The van der Waals surface area contributed by atoms with E-state index in [9.17, 15) is 18.0 Å². The first-order valence-corrected chi connectivity index (χ1v) is 10.9. The van der Waals surface area contributed by atoms with Gasteiger partial charge in [0, 0.05) is 17.0 Å². The van der Waals surface area contributed by atoms with Crippen molar-refractivity contribution in [1.29, 1.82) is 0 Å². The molecule has 0 atom stereocenters. The standard InChI is InChI=1S/C19H21NO5S2/c1-14(21)16-4-3-5-18(12-16)27(23,24)20-11-10-19(22)25-13-15-6-8-17(26-2)9-7-15/h3-9,12,20H,10-11,13H2,1-2H3. The van der Waals surface area contributed by atoms with Crippen molar-refractivity contribution in [3.05, 3.63) is 59.7 Å². The van der Waals surface area contributed by atoms with Crippen LogP contribution in [0, 0.1) is 0 Å². The zero-order valence-electron chi connectivity index (χ0n) is 15.1. The van der Waals surface area contributed by atoms with Crippen molar-refractivity contribution < 1.29 is 22.7 Å². The molecule has 0 radical (unpaired) electrons. The summed E-state index contributed by atoms with van der Waals surface area (Å²) in [5, 5.41) is 0. The van der Waals surface area contributed by atoms with Gasteiger partial charge < -0.3 is 4.74 Å². The quantitative estimate of drug-likeness (QED) is 0.390. The van der Waals surface area contributed by atoms with Crippen molar-refractivity contribution >= 4 is 33.5 Å². The normalized spacial score (nSPS) is 11.2. The number of nitrogens with one attached hydrogen (secondary N) is 1. The Morgan fingerprint density at radius 1 is 1.11 bits per heavy atom. The topological polar surface area (TPSA) is 89.5 Å². The van der Waals surface area contributed by atoms with Crippen molar-refractivity contribution in [2.24, 2.45) is 0 Å². The molecule has 2 rings (SSSR count). The first kappa shape index (κ1) is 21.1. The van der Waals surface area contributed by atoms with Crippen LogP contribution in [0.4, 0.5) is 0 Å². The molecule has 2 aromatic rings. The largest absolute Gasteiger partial charge is 0.461 e. The predicted molar refractivity (Wildman–Crippen MR) is 104 cm³/mol. The first-order valence-electron chi connectivity index (χ1n) is 8.21. The maximum absolute atomic E-state index is 12.3. The van der Waals surface area contributed by atoms with Crippen LogP contribution in [-0.4, -0.2) is 33.0 Å². The molecular weight excluding hydrogens is 386 g/mol. The van der Waals surface area contributed by atoms with Gasteiger partial charge >= 0.3 is 5.97 Å². The molecule has 0 aliphatic heterocycles. The minimum atomic E-state index is -3.80. The fourth-order valence-electron chi connectivity index (χ4n) is 2.21. The second kappa shape index (κ2) is 9.68. The van der Waals surface area contributed by atoms with E-state index in [1.807, 2.05) is 30.5 Å². The van der Waals surface area contributed by atoms with Crippen LogP contribution in [0.1, 0.15) is 29.3 Å².